The molecule has 8 rings (SSSR count). The number of halogens is 2. The Balaban J connectivity index is 0.000000184. The number of hydrogen-bond donors (Lipinski definition) is 2. The third-order valence-electron chi connectivity index (χ3n) is 11.2. The summed E-state index contributed by atoms with van der Waals surface area (Å²) in [6.07, 6.45) is 3.96. The number of rotatable bonds is 9. The fourth-order valence-corrected chi connectivity index (χ4v) is 7.61. The zero-order valence-corrected chi connectivity index (χ0v) is 35.2. The molecular weight excluding hydrogens is 775 g/mol. The Bertz CT molecular complexity index is 2390. The molecule has 2 fully saturated rings. The number of ether oxygens (including phenoxy) is 1. The van der Waals surface area contributed by atoms with Crippen LogP contribution in [0.3, 0.4) is 0 Å². The molecule has 2 aromatic heterocycles. The highest BCUT2D eigenvalue weighted by Gasteiger charge is 2.24. The molecule has 3 unspecified atom stereocenters. The Morgan fingerprint density at radius 2 is 1.21 bits per heavy atom. The van der Waals surface area contributed by atoms with Crippen LogP contribution in [-0.2, 0) is 17.6 Å². The molecule has 0 amide bonds. The number of guanidine groups is 2. The number of benzene rings is 4. The van der Waals surface area contributed by atoms with E-state index in [0.29, 0.717) is 54.3 Å². The summed E-state index contributed by atoms with van der Waals surface area (Å²) in [7, 11) is 0. The molecule has 0 spiro atoms. The van der Waals surface area contributed by atoms with E-state index in [2.05, 4.69) is 39.0 Å². The van der Waals surface area contributed by atoms with Crippen molar-refractivity contribution in [2.24, 2.45) is 27.4 Å². The maximum Gasteiger partial charge on any atom is 0.253 e. The van der Waals surface area contributed by atoms with Crippen molar-refractivity contribution >= 4 is 23.7 Å². The number of likely N-dealkylation sites (tertiary alicyclic amines) is 1. The van der Waals surface area contributed by atoms with Crippen LogP contribution in [0.5, 0.6) is 0 Å². The van der Waals surface area contributed by atoms with Crippen LogP contribution < -0.4 is 11.5 Å². The standard InChI is InChI=1S/C24H27FN4O2.C24H27FN4O/c1-16-14-29(15-17(2)30-16)24(26)27-23-13-20(28-31-23)12-9-18-7-10-19(11-8-18)21-5-3-4-6-22(21)25;1-16-11-13-29(14-12-16)24(26)27-23-15-22(28-30-23)17(2)18-7-9-19(10-8-18)20-5-3-4-6-21(20)25/h3-8,10-11,13,16-17H,9,12,14-15H2,1-2H3,(H2,26,27);3-10,15-17H,11-14H2,1-2H3,(H2,26,27). The van der Waals surface area contributed by atoms with Gasteiger partial charge in [-0.05, 0) is 79.8 Å². The monoisotopic (exact) mass is 828 g/mol. The maximum absolute atomic E-state index is 14.0. The Kier molecular flexibility index (Phi) is 13.9. The van der Waals surface area contributed by atoms with E-state index in [1.807, 2.05) is 91.5 Å². The Morgan fingerprint density at radius 3 is 1.80 bits per heavy atom. The number of morpholine rings is 1. The molecule has 13 heteroatoms. The number of aromatic nitrogens is 2. The van der Waals surface area contributed by atoms with Crippen LogP contribution in [0.1, 0.15) is 69.0 Å². The summed E-state index contributed by atoms with van der Waals surface area (Å²) in [5, 5.41) is 8.29. The molecule has 0 saturated carbocycles. The number of aryl methyl sites for hydroxylation is 2. The number of piperidine rings is 1. The Hall–Kier alpha value is -6.34. The lowest BCUT2D eigenvalue weighted by atomic mass is 9.95. The lowest BCUT2D eigenvalue weighted by Gasteiger charge is -2.35. The summed E-state index contributed by atoms with van der Waals surface area (Å²) >= 11 is 0. The summed E-state index contributed by atoms with van der Waals surface area (Å²) in [6, 6.07) is 33.0. The molecule has 6 aromatic rings. The van der Waals surface area contributed by atoms with Crippen LogP contribution in [0.2, 0.25) is 0 Å². The molecule has 11 nitrogen and oxygen atoms in total. The second-order valence-electron chi connectivity index (χ2n) is 16.0. The topological polar surface area (TPSA) is 145 Å². The van der Waals surface area contributed by atoms with Crippen LogP contribution in [0, 0.1) is 17.6 Å². The van der Waals surface area contributed by atoms with Crippen molar-refractivity contribution in [3.8, 4) is 22.3 Å². The largest absolute Gasteiger partial charge is 0.372 e. The van der Waals surface area contributed by atoms with Crippen LogP contribution in [0.4, 0.5) is 20.5 Å². The van der Waals surface area contributed by atoms with Crippen LogP contribution >= 0.6 is 0 Å². The van der Waals surface area contributed by atoms with E-state index in [4.69, 9.17) is 25.3 Å². The van der Waals surface area contributed by atoms with Crippen molar-refractivity contribution in [3.63, 3.8) is 0 Å². The predicted octanol–water partition coefficient (Wildman–Crippen LogP) is 9.63. The van der Waals surface area contributed by atoms with Crippen molar-refractivity contribution < 1.29 is 22.6 Å². The number of nitrogens with zero attached hydrogens (tertiary/aromatic N) is 6. The number of nitrogens with two attached hydrogens (primary N) is 2. The van der Waals surface area contributed by atoms with Crippen molar-refractivity contribution in [3.05, 3.63) is 143 Å². The molecule has 0 bridgehead atoms. The van der Waals surface area contributed by atoms with Gasteiger partial charge in [0.1, 0.15) is 11.6 Å². The molecule has 4 N–H and O–H groups in total. The Labute approximate surface area is 356 Å². The van der Waals surface area contributed by atoms with Gasteiger partial charge in [-0.1, -0.05) is 109 Å². The summed E-state index contributed by atoms with van der Waals surface area (Å²) < 4.78 is 44.4. The molecule has 4 heterocycles. The summed E-state index contributed by atoms with van der Waals surface area (Å²) in [5.41, 5.74) is 19.0. The van der Waals surface area contributed by atoms with Gasteiger partial charge in [-0.2, -0.15) is 9.98 Å². The zero-order valence-electron chi connectivity index (χ0n) is 35.2. The maximum atomic E-state index is 14.0. The molecule has 4 aromatic carbocycles. The molecule has 2 saturated heterocycles. The minimum Gasteiger partial charge on any atom is -0.372 e. The molecule has 61 heavy (non-hydrogen) atoms. The van der Waals surface area contributed by atoms with Crippen molar-refractivity contribution in [1.82, 2.24) is 20.1 Å². The van der Waals surface area contributed by atoms with Gasteiger partial charge < -0.3 is 35.1 Å². The highest BCUT2D eigenvalue weighted by atomic mass is 19.1. The van der Waals surface area contributed by atoms with Crippen LogP contribution in [0.25, 0.3) is 22.3 Å². The molecule has 2 aliphatic rings. The van der Waals surface area contributed by atoms with Gasteiger partial charge in [0.05, 0.1) is 23.6 Å². The van der Waals surface area contributed by atoms with Gasteiger partial charge in [0.15, 0.2) is 11.9 Å². The van der Waals surface area contributed by atoms with Crippen LogP contribution in [-0.4, -0.2) is 70.4 Å². The molecule has 318 valence electrons. The summed E-state index contributed by atoms with van der Waals surface area (Å²) in [6.45, 7) is 11.6. The van der Waals surface area contributed by atoms with E-state index < -0.39 is 0 Å². The molecular formula is C48H54F2N8O3. The molecule has 0 aliphatic carbocycles. The van der Waals surface area contributed by atoms with E-state index >= 15 is 0 Å². The third-order valence-corrected chi connectivity index (χ3v) is 11.2. The van der Waals surface area contributed by atoms with Crippen molar-refractivity contribution in [1.29, 1.82) is 0 Å². The van der Waals surface area contributed by atoms with Gasteiger partial charge in [-0.15, -0.1) is 0 Å². The van der Waals surface area contributed by atoms with Crippen LogP contribution in [0.15, 0.2) is 128 Å². The van der Waals surface area contributed by atoms with Gasteiger partial charge in [0, 0.05) is 55.4 Å². The fraction of sp³-hybridized carbons (Fsp3) is 0.333. The van der Waals surface area contributed by atoms with Crippen molar-refractivity contribution in [2.45, 2.75) is 71.5 Å². The minimum absolute atomic E-state index is 0.0180. The number of aliphatic imine (C=N–C) groups is 2. The fourth-order valence-electron chi connectivity index (χ4n) is 7.61. The summed E-state index contributed by atoms with van der Waals surface area (Å²) in [4.78, 5) is 12.9. The predicted molar refractivity (Wildman–Crippen MR) is 236 cm³/mol. The SMILES string of the molecule is CC1CCN(C(N)=Nc2cc(C(C)c3ccc(-c4ccccc4F)cc3)no2)CC1.CC1CN(C(N)=Nc2cc(CCc3ccc(-c4ccccc4F)cc3)no2)CC(C)O1. The third kappa shape index (κ3) is 11.3. The number of hydrogen-bond acceptors (Lipinski definition) is 7. The quantitative estimate of drug-likeness (QED) is 0.108. The summed E-state index contributed by atoms with van der Waals surface area (Å²) in [5.74, 6) is 2.01. The highest BCUT2D eigenvalue weighted by molar-refractivity contribution is 5.81. The molecule has 0 radical (unpaired) electrons. The van der Waals surface area contributed by atoms with E-state index in [1.54, 1.807) is 24.3 Å². The van der Waals surface area contributed by atoms with E-state index in [9.17, 15) is 8.78 Å². The molecule has 3 atom stereocenters. The minimum atomic E-state index is -0.224. The van der Waals surface area contributed by atoms with E-state index in [0.717, 1.165) is 71.9 Å². The van der Waals surface area contributed by atoms with Gasteiger partial charge in [-0.3, -0.25) is 0 Å². The molecule has 2 aliphatic heterocycles. The first-order valence-electron chi connectivity index (χ1n) is 20.9. The first kappa shape index (κ1) is 42.8. The second kappa shape index (κ2) is 19.8. The first-order chi connectivity index (χ1) is 29.5. The lowest BCUT2D eigenvalue weighted by molar-refractivity contribution is -0.0483. The van der Waals surface area contributed by atoms with Gasteiger partial charge in [-0.25, -0.2) is 8.78 Å². The first-order valence-corrected chi connectivity index (χ1v) is 20.9. The van der Waals surface area contributed by atoms with Gasteiger partial charge in [0.25, 0.3) is 11.8 Å². The van der Waals surface area contributed by atoms with Gasteiger partial charge >= 0.3 is 0 Å². The highest BCUT2D eigenvalue weighted by Crippen LogP contribution is 2.30. The zero-order chi connectivity index (χ0) is 42.9. The normalized spacial score (nSPS) is 18.1. The van der Waals surface area contributed by atoms with E-state index in [1.165, 1.54) is 12.1 Å². The average Bonchev–Trinajstić information content (AvgIpc) is 3.93. The second-order valence-corrected chi connectivity index (χ2v) is 16.0. The lowest BCUT2D eigenvalue weighted by Crippen LogP contribution is -2.50. The smallest absolute Gasteiger partial charge is 0.253 e. The van der Waals surface area contributed by atoms with E-state index in [-0.39, 0.29) is 29.8 Å². The van der Waals surface area contributed by atoms with Crippen molar-refractivity contribution in [2.75, 3.05) is 26.2 Å². The van der Waals surface area contributed by atoms with Gasteiger partial charge in [0.2, 0.25) is 0 Å². The average molecular weight is 829 g/mol. The Morgan fingerprint density at radius 1 is 0.689 bits per heavy atom.